The maximum Gasteiger partial charge on any atom is 0.265 e. The minimum atomic E-state index is -0.109. The number of aromatic nitrogens is 2. The molecule has 0 aliphatic carbocycles. The average Bonchev–Trinajstić information content (AvgIpc) is 2.79. The number of hydrogen-bond donors (Lipinski definition) is 1. The smallest absolute Gasteiger partial charge is 0.265 e. The number of methoxy groups -OCH3 is 1. The van der Waals surface area contributed by atoms with E-state index in [4.69, 9.17) is 4.74 Å². The quantitative estimate of drug-likeness (QED) is 0.489. The van der Waals surface area contributed by atoms with Gasteiger partial charge in [-0.3, -0.25) is 14.2 Å². The van der Waals surface area contributed by atoms with E-state index in [0.717, 1.165) is 28.3 Å². The number of benzene rings is 3. The second-order valence-electron chi connectivity index (χ2n) is 7.72. The molecule has 3 aromatic carbocycles. The highest BCUT2D eigenvalue weighted by Crippen LogP contribution is 2.21. The zero-order chi connectivity index (χ0) is 22.7. The number of rotatable bonds is 6. The van der Waals surface area contributed by atoms with E-state index in [1.807, 2.05) is 74.5 Å². The summed E-state index contributed by atoms with van der Waals surface area (Å²) in [5, 5.41) is 3.55. The SMILES string of the molecule is COc1cccc(CCC(=O)Nc2ccc(-n3c(C)nc4ccccc4c3=O)cc2C)c1. The molecule has 4 rings (SSSR count). The predicted molar refractivity (Wildman–Crippen MR) is 127 cm³/mol. The van der Waals surface area contributed by atoms with Crippen LogP contribution >= 0.6 is 0 Å². The molecular weight excluding hydrogens is 402 g/mol. The van der Waals surface area contributed by atoms with Crippen molar-refractivity contribution in [1.82, 2.24) is 9.55 Å². The fourth-order valence-corrected chi connectivity index (χ4v) is 3.77. The van der Waals surface area contributed by atoms with Crippen LogP contribution in [0.1, 0.15) is 23.4 Å². The van der Waals surface area contributed by atoms with Gasteiger partial charge in [0.2, 0.25) is 5.91 Å². The number of amides is 1. The molecule has 0 saturated carbocycles. The fourth-order valence-electron chi connectivity index (χ4n) is 3.77. The minimum Gasteiger partial charge on any atom is -0.497 e. The van der Waals surface area contributed by atoms with Crippen molar-refractivity contribution in [2.75, 3.05) is 12.4 Å². The third kappa shape index (κ3) is 4.39. The Morgan fingerprint density at radius 2 is 1.84 bits per heavy atom. The average molecular weight is 428 g/mol. The summed E-state index contributed by atoms with van der Waals surface area (Å²) in [5.74, 6) is 1.33. The first-order chi connectivity index (χ1) is 15.5. The summed E-state index contributed by atoms with van der Waals surface area (Å²) in [6, 6.07) is 20.6. The molecule has 0 fully saturated rings. The summed E-state index contributed by atoms with van der Waals surface area (Å²) >= 11 is 0. The first kappa shape index (κ1) is 21.3. The van der Waals surface area contributed by atoms with Crippen LogP contribution in [0.5, 0.6) is 5.75 Å². The van der Waals surface area contributed by atoms with Crippen LogP contribution < -0.4 is 15.6 Å². The number of carbonyl (C=O) groups excluding carboxylic acids is 1. The molecule has 1 heterocycles. The monoisotopic (exact) mass is 427 g/mol. The van der Waals surface area contributed by atoms with Gasteiger partial charge in [0.15, 0.2) is 0 Å². The van der Waals surface area contributed by atoms with E-state index in [9.17, 15) is 9.59 Å². The van der Waals surface area contributed by atoms with Gasteiger partial charge >= 0.3 is 0 Å². The molecule has 1 N–H and O–H groups in total. The van der Waals surface area contributed by atoms with Crippen molar-refractivity contribution >= 4 is 22.5 Å². The van der Waals surface area contributed by atoms with E-state index in [0.29, 0.717) is 29.6 Å². The summed E-state index contributed by atoms with van der Waals surface area (Å²) in [6.45, 7) is 3.73. The third-order valence-corrected chi connectivity index (χ3v) is 5.46. The summed E-state index contributed by atoms with van der Waals surface area (Å²) in [4.78, 5) is 30.1. The lowest BCUT2D eigenvalue weighted by Gasteiger charge is -2.14. The molecule has 162 valence electrons. The molecule has 0 aliphatic heterocycles. The van der Waals surface area contributed by atoms with E-state index >= 15 is 0 Å². The number of fused-ring (bicyclic) bond motifs is 1. The second kappa shape index (κ2) is 9.06. The first-order valence-corrected chi connectivity index (χ1v) is 10.5. The second-order valence-corrected chi connectivity index (χ2v) is 7.72. The molecule has 4 aromatic rings. The number of para-hydroxylation sites is 1. The number of nitrogens with zero attached hydrogens (tertiary/aromatic N) is 2. The number of nitrogens with one attached hydrogen (secondary N) is 1. The van der Waals surface area contributed by atoms with Crippen LogP contribution in [0.2, 0.25) is 0 Å². The maximum absolute atomic E-state index is 13.0. The first-order valence-electron chi connectivity index (χ1n) is 10.5. The molecular formula is C26H25N3O3. The molecule has 1 aromatic heterocycles. The van der Waals surface area contributed by atoms with Crippen LogP contribution in [0.4, 0.5) is 5.69 Å². The standard InChI is InChI=1S/C26H25N3O3/c1-17-15-20(29-18(2)27-24-10-5-4-9-22(24)26(29)31)12-13-23(17)28-25(30)14-11-19-7-6-8-21(16-19)32-3/h4-10,12-13,15-16H,11,14H2,1-3H3,(H,28,30). The van der Waals surface area contributed by atoms with Gasteiger partial charge in [-0.2, -0.15) is 0 Å². The summed E-state index contributed by atoms with van der Waals surface area (Å²) < 4.78 is 6.83. The van der Waals surface area contributed by atoms with Crippen molar-refractivity contribution in [2.45, 2.75) is 26.7 Å². The Morgan fingerprint density at radius 3 is 2.62 bits per heavy atom. The van der Waals surface area contributed by atoms with E-state index in [1.54, 1.807) is 17.7 Å². The highest BCUT2D eigenvalue weighted by atomic mass is 16.5. The normalized spacial score (nSPS) is 10.8. The van der Waals surface area contributed by atoms with Crippen LogP contribution in [0.3, 0.4) is 0 Å². The van der Waals surface area contributed by atoms with Gasteiger partial charge in [0, 0.05) is 12.1 Å². The van der Waals surface area contributed by atoms with Gasteiger partial charge in [-0.05, 0) is 73.9 Å². The number of anilines is 1. The molecule has 6 heteroatoms. The van der Waals surface area contributed by atoms with Gasteiger partial charge in [-0.15, -0.1) is 0 Å². The molecule has 0 spiro atoms. The third-order valence-electron chi connectivity index (χ3n) is 5.46. The van der Waals surface area contributed by atoms with Crippen molar-refractivity contribution in [3.8, 4) is 11.4 Å². The molecule has 1 amide bonds. The van der Waals surface area contributed by atoms with Gasteiger partial charge in [0.25, 0.3) is 5.56 Å². The van der Waals surface area contributed by atoms with Crippen LogP contribution in [0, 0.1) is 13.8 Å². The molecule has 0 aliphatic rings. The topological polar surface area (TPSA) is 73.2 Å². The highest BCUT2D eigenvalue weighted by Gasteiger charge is 2.12. The number of aryl methyl sites for hydroxylation is 3. The Hall–Kier alpha value is -3.93. The van der Waals surface area contributed by atoms with E-state index in [-0.39, 0.29) is 11.5 Å². The molecule has 0 radical (unpaired) electrons. The van der Waals surface area contributed by atoms with Crippen LogP contribution in [-0.2, 0) is 11.2 Å². The number of ether oxygens (including phenoxy) is 1. The zero-order valence-corrected chi connectivity index (χ0v) is 18.4. The summed E-state index contributed by atoms with van der Waals surface area (Å²) in [7, 11) is 1.63. The zero-order valence-electron chi connectivity index (χ0n) is 18.4. The van der Waals surface area contributed by atoms with Crippen molar-refractivity contribution < 1.29 is 9.53 Å². The Kier molecular flexibility index (Phi) is 6.03. The lowest BCUT2D eigenvalue weighted by atomic mass is 10.1. The van der Waals surface area contributed by atoms with Crippen molar-refractivity contribution in [3.63, 3.8) is 0 Å². The van der Waals surface area contributed by atoms with Crippen molar-refractivity contribution in [1.29, 1.82) is 0 Å². The van der Waals surface area contributed by atoms with Gasteiger partial charge in [-0.1, -0.05) is 24.3 Å². The van der Waals surface area contributed by atoms with E-state index in [2.05, 4.69) is 10.3 Å². The number of hydrogen-bond acceptors (Lipinski definition) is 4. The molecule has 6 nitrogen and oxygen atoms in total. The Balaban J connectivity index is 1.52. The fraction of sp³-hybridized carbons (Fsp3) is 0.192. The minimum absolute atomic E-state index is 0.0654. The van der Waals surface area contributed by atoms with Gasteiger partial charge in [0.1, 0.15) is 11.6 Å². The maximum atomic E-state index is 13.0. The van der Waals surface area contributed by atoms with Gasteiger partial charge in [0.05, 0.1) is 23.7 Å². The largest absolute Gasteiger partial charge is 0.497 e. The van der Waals surface area contributed by atoms with Crippen LogP contribution in [0.25, 0.3) is 16.6 Å². The Labute approximate surface area is 186 Å². The van der Waals surface area contributed by atoms with E-state index in [1.165, 1.54) is 0 Å². The molecule has 0 saturated heterocycles. The van der Waals surface area contributed by atoms with Crippen molar-refractivity contribution in [2.24, 2.45) is 0 Å². The van der Waals surface area contributed by atoms with Gasteiger partial charge in [-0.25, -0.2) is 4.98 Å². The lowest BCUT2D eigenvalue weighted by molar-refractivity contribution is -0.116. The summed E-state index contributed by atoms with van der Waals surface area (Å²) in [5.41, 5.74) is 3.94. The predicted octanol–water partition coefficient (Wildman–Crippen LogP) is 4.58. The van der Waals surface area contributed by atoms with Crippen LogP contribution in [0.15, 0.2) is 71.5 Å². The van der Waals surface area contributed by atoms with Crippen LogP contribution in [-0.4, -0.2) is 22.6 Å². The molecule has 0 bridgehead atoms. The number of carbonyl (C=O) groups is 1. The van der Waals surface area contributed by atoms with Crippen molar-refractivity contribution in [3.05, 3.63) is 94.0 Å². The van der Waals surface area contributed by atoms with Gasteiger partial charge < -0.3 is 10.1 Å². The lowest BCUT2D eigenvalue weighted by Crippen LogP contribution is -2.22. The Morgan fingerprint density at radius 1 is 1.03 bits per heavy atom. The molecule has 0 unspecified atom stereocenters. The molecule has 0 atom stereocenters. The molecule has 32 heavy (non-hydrogen) atoms. The summed E-state index contributed by atoms with van der Waals surface area (Å²) in [6.07, 6.45) is 0.985. The highest BCUT2D eigenvalue weighted by molar-refractivity contribution is 5.91. The van der Waals surface area contributed by atoms with E-state index < -0.39 is 0 Å². The Bertz CT molecular complexity index is 1360.